The van der Waals surface area contributed by atoms with Crippen molar-refractivity contribution in [1.82, 2.24) is 10.2 Å². The molecule has 0 aromatic heterocycles. The second kappa shape index (κ2) is 6.38. The first-order valence-corrected chi connectivity index (χ1v) is 8.09. The third kappa shape index (κ3) is 2.93. The van der Waals surface area contributed by atoms with Gasteiger partial charge in [-0.25, -0.2) is 4.79 Å². The SMILES string of the molecule is CN(C(=O)c1ccc(N2CCNC2=O)cc1)C1CCCCC1. The van der Waals surface area contributed by atoms with Gasteiger partial charge in [0.15, 0.2) is 0 Å². The van der Waals surface area contributed by atoms with Crippen LogP contribution in [0, 0.1) is 0 Å². The smallest absolute Gasteiger partial charge is 0.321 e. The van der Waals surface area contributed by atoms with Crippen molar-refractivity contribution in [3.05, 3.63) is 29.8 Å². The number of nitrogens with zero attached hydrogens (tertiary/aromatic N) is 2. The summed E-state index contributed by atoms with van der Waals surface area (Å²) in [6, 6.07) is 7.65. The molecule has 2 aliphatic rings. The molecule has 0 unspecified atom stereocenters. The minimum Gasteiger partial charge on any atom is -0.339 e. The van der Waals surface area contributed by atoms with Crippen molar-refractivity contribution in [3.63, 3.8) is 0 Å². The molecule has 1 heterocycles. The number of amides is 3. The van der Waals surface area contributed by atoms with Gasteiger partial charge in [-0.2, -0.15) is 0 Å². The van der Waals surface area contributed by atoms with Gasteiger partial charge in [0.2, 0.25) is 0 Å². The molecule has 5 heteroatoms. The lowest BCUT2D eigenvalue weighted by molar-refractivity contribution is 0.0696. The fourth-order valence-electron chi connectivity index (χ4n) is 3.34. The minimum atomic E-state index is -0.0709. The van der Waals surface area contributed by atoms with Crippen molar-refractivity contribution in [2.45, 2.75) is 38.1 Å². The number of anilines is 1. The Morgan fingerprint density at radius 2 is 1.86 bits per heavy atom. The number of rotatable bonds is 3. The van der Waals surface area contributed by atoms with Gasteiger partial charge in [-0.05, 0) is 37.1 Å². The zero-order chi connectivity index (χ0) is 15.5. The van der Waals surface area contributed by atoms with E-state index in [1.165, 1.54) is 19.3 Å². The Morgan fingerprint density at radius 1 is 1.18 bits per heavy atom. The number of hydrogen-bond acceptors (Lipinski definition) is 2. The van der Waals surface area contributed by atoms with E-state index in [0.717, 1.165) is 18.5 Å². The van der Waals surface area contributed by atoms with E-state index in [9.17, 15) is 9.59 Å². The van der Waals surface area contributed by atoms with Gasteiger partial charge < -0.3 is 10.2 Å². The zero-order valence-electron chi connectivity index (χ0n) is 13.0. The Bertz CT molecular complexity index is 550. The van der Waals surface area contributed by atoms with Crippen LogP contribution in [0.2, 0.25) is 0 Å². The third-order valence-corrected chi connectivity index (χ3v) is 4.73. The third-order valence-electron chi connectivity index (χ3n) is 4.73. The first-order valence-electron chi connectivity index (χ1n) is 8.09. The van der Waals surface area contributed by atoms with Crippen molar-refractivity contribution in [3.8, 4) is 0 Å². The maximum Gasteiger partial charge on any atom is 0.321 e. The summed E-state index contributed by atoms with van der Waals surface area (Å²) in [6.07, 6.45) is 5.92. The summed E-state index contributed by atoms with van der Waals surface area (Å²) in [7, 11) is 1.90. The number of carbonyl (C=O) groups is 2. The molecule has 3 amide bonds. The summed E-state index contributed by atoms with van der Waals surface area (Å²) < 4.78 is 0. The molecule has 118 valence electrons. The average molecular weight is 301 g/mol. The normalized spacial score (nSPS) is 19.1. The lowest BCUT2D eigenvalue weighted by atomic mass is 9.94. The molecule has 1 aliphatic carbocycles. The van der Waals surface area contributed by atoms with Crippen LogP contribution in [0.5, 0.6) is 0 Å². The van der Waals surface area contributed by atoms with Gasteiger partial charge in [0.05, 0.1) is 0 Å². The molecule has 1 saturated heterocycles. The van der Waals surface area contributed by atoms with E-state index in [0.29, 0.717) is 24.7 Å². The van der Waals surface area contributed by atoms with Crippen molar-refractivity contribution >= 4 is 17.6 Å². The number of nitrogens with one attached hydrogen (secondary N) is 1. The van der Waals surface area contributed by atoms with Crippen molar-refractivity contribution in [1.29, 1.82) is 0 Å². The van der Waals surface area contributed by atoms with Gasteiger partial charge in [-0.15, -0.1) is 0 Å². The molecule has 1 aromatic carbocycles. The van der Waals surface area contributed by atoms with Crippen LogP contribution in [0.1, 0.15) is 42.5 Å². The maximum absolute atomic E-state index is 12.6. The van der Waals surface area contributed by atoms with Crippen LogP contribution in [0.15, 0.2) is 24.3 Å². The molecule has 0 bridgehead atoms. The molecule has 1 aliphatic heterocycles. The van der Waals surface area contributed by atoms with Crippen molar-refractivity contribution in [2.24, 2.45) is 0 Å². The lowest BCUT2D eigenvalue weighted by Crippen LogP contribution is -2.38. The molecule has 22 heavy (non-hydrogen) atoms. The van der Waals surface area contributed by atoms with E-state index in [4.69, 9.17) is 0 Å². The van der Waals surface area contributed by atoms with Crippen molar-refractivity contribution < 1.29 is 9.59 Å². The molecule has 5 nitrogen and oxygen atoms in total. The first kappa shape index (κ1) is 14.9. The monoisotopic (exact) mass is 301 g/mol. The summed E-state index contributed by atoms with van der Waals surface area (Å²) in [5, 5.41) is 2.78. The largest absolute Gasteiger partial charge is 0.339 e. The quantitative estimate of drug-likeness (QED) is 0.933. The topological polar surface area (TPSA) is 52.7 Å². The Labute approximate surface area is 131 Å². The molecular formula is C17H23N3O2. The molecule has 0 radical (unpaired) electrons. The predicted octanol–water partition coefficient (Wildman–Crippen LogP) is 2.62. The first-order chi connectivity index (χ1) is 10.7. The van der Waals surface area contributed by atoms with E-state index in [1.807, 2.05) is 36.2 Å². The molecule has 0 spiro atoms. The summed E-state index contributed by atoms with van der Waals surface area (Å²) in [5.41, 5.74) is 1.53. The van der Waals surface area contributed by atoms with Gasteiger partial charge in [0.1, 0.15) is 0 Å². The Hall–Kier alpha value is -2.04. The summed E-state index contributed by atoms with van der Waals surface area (Å²) in [6.45, 7) is 1.35. The fourth-order valence-corrected chi connectivity index (χ4v) is 3.34. The molecule has 3 rings (SSSR count). The van der Waals surface area contributed by atoms with Gasteiger partial charge in [-0.3, -0.25) is 9.69 Å². The van der Waals surface area contributed by atoms with Crippen LogP contribution in [-0.2, 0) is 0 Å². The van der Waals surface area contributed by atoms with Gasteiger partial charge in [0, 0.05) is 37.4 Å². The summed E-state index contributed by atoms with van der Waals surface area (Å²) >= 11 is 0. The molecule has 2 fully saturated rings. The fraction of sp³-hybridized carbons (Fsp3) is 0.529. The second-order valence-electron chi connectivity index (χ2n) is 6.14. The molecule has 1 aromatic rings. The van der Waals surface area contributed by atoms with Crippen molar-refractivity contribution in [2.75, 3.05) is 25.0 Å². The van der Waals surface area contributed by atoms with Crippen LogP contribution >= 0.6 is 0 Å². The van der Waals surface area contributed by atoms with Crippen LogP contribution in [0.4, 0.5) is 10.5 Å². The van der Waals surface area contributed by atoms with Crippen LogP contribution in [0.3, 0.4) is 0 Å². The molecule has 1 N–H and O–H groups in total. The van der Waals surface area contributed by atoms with E-state index >= 15 is 0 Å². The van der Waals surface area contributed by atoms with E-state index in [1.54, 1.807) is 4.90 Å². The molecular weight excluding hydrogens is 278 g/mol. The van der Waals surface area contributed by atoms with E-state index in [-0.39, 0.29) is 11.9 Å². The van der Waals surface area contributed by atoms with E-state index in [2.05, 4.69) is 5.32 Å². The number of carbonyl (C=O) groups excluding carboxylic acids is 2. The second-order valence-corrected chi connectivity index (χ2v) is 6.14. The maximum atomic E-state index is 12.6. The standard InChI is InChI=1S/C17H23N3O2/c1-19(14-5-3-2-4-6-14)16(21)13-7-9-15(10-8-13)20-12-11-18-17(20)22/h7-10,14H,2-6,11-12H2,1H3,(H,18,22). The Morgan fingerprint density at radius 3 is 2.45 bits per heavy atom. The highest BCUT2D eigenvalue weighted by Gasteiger charge is 2.24. The van der Waals surface area contributed by atoms with E-state index < -0.39 is 0 Å². The molecule has 0 atom stereocenters. The van der Waals surface area contributed by atoms with Gasteiger partial charge in [-0.1, -0.05) is 19.3 Å². The number of hydrogen-bond donors (Lipinski definition) is 1. The number of urea groups is 1. The summed E-state index contributed by atoms with van der Waals surface area (Å²) in [4.78, 5) is 27.8. The predicted molar refractivity (Wildman–Crippen MR) is 86.2 cm³/mol. The van der Waals surface area contributed by atoms with Crippen LogP contribution in [-0.4, -0.2) is 43.0 Å². The summed E-state index contributed by atoms with van der Waals surface area (Å²) in [5.74, 6) is 0.0734. The Kier molecular flexibility index (Phi) is 4.32. The van der Waals surface area contributed by atoms with Crippen LogP contribution < -0.4 is 10.2 Å². The Balaban J connectivity index is 1.69. The molecule has 1 saturated carbocycles. The highest BCUT2D eigenvalue weighted by atomic mass is 16.2. The van der Waals surface area contributed by atoms with Gasteiger partial charge in [0.25, 0.3) is 5.91 Å². The number of benzene rings is 1. The van der Waals surface area contributed by atoms with Gasteiger partial charge >= 0.3 is 6.03 Å². The lowest BCUT2D eigenvalue weighted by Gasteiger charge is -2.31. The average Bonchev–Trinajstić information content (AvgIpc) is 3.00. The zero-order valence-corrected chi connectivity index (χ0v) is 13.0. The minimum absolute atomic E-state index is 0.0709. The van der Waals surface area contributed by atoms with Crippen LogP contribution in [0.25, 0.3) is 0 Å². The highest BCUT2D eigenvalue weighted by Crippen LogP contribution is 2.24. The highest BCUT2D eigenvalue weighted by molar-refractivity contribution is 5.97.